The summed E-state index contributed by atoms with van der Waals surface area (Å²) in [6.07, 6.45) is 1.25. The van der Waals surface area contributed by atoms with Crippen LogP contribution in [0.3, 0.4) is 0 Å². The highest BCUT2D eigenvalue weighted by molar-refractivity contribution is 5.85. The fraction of sp³-hybridized carbons (Fsp3) is 0.250. The van der Waals surface area contributed by atoms with Crippen molar-refractivity contribution in [2.24, 2.45) is 0 Å². The Morgan fingerprint density at radius 2 is 1.61 bits per heavy atom. The van der Waals surface area contributed by atoms with Gasteiger partial charge in [-0.05, 0) is 35.6 Å². The van der Waals surface area contributed by atoms with Gasteiger partial charge in [0.2, 0.25) is 0 Å². The predicted octanol–water partition coefficient (Wildman–Crippen LogP) is 3.85. The molecule has 1 aliphatic rings. The molecule has 1 aliphatic heterocycles. The van der Waals surface area contributed by atoms with Crippen molar-refractivity contribution in [2.45, 2.75) is 12.3 Å². The van der Waals surface area contributed by atoms with Crippen LogP contribution in [0.15, 0.2) is 54.6 Å². The van der Waals surface area contributed by atoms with Gasteiger partial charge in [-0.15, -0.1) is 12.4 Å². The zero-order valence-electron chi connectivity index (χ0n) is 10.3. The van der Waals surface area contributed by atoms with Gasteiger partial charge in [-0.25, -0.2) is 0 Å². The van der Waals surface area contributed by atoms with Crippen LogP contribution in [0.2, 0.25) is 0 Å². The number of hydrogen-bond acceptors (Lipinski definition) is 1. The summed E-state index contributed by atoms with van der Waals surface area (Å²) in [5, 5.41) is 3.45. The van der Waals surface area contributed by atoms with E-state index in [1.54, 1.807) is 0 Å². The molecule has 0 saturated carbocycles. The molecule has 0 bridgehead atoms. The molecule has 94 valence electrons. The van der Waals surface area contributed by atoms with Gasteiger partial charge >= 0.3 is 0 Å². The molecule has 0 aromatic heterocycles. The van der Waals surface area contributed by atoms with Gasteiger partial charge in [-0.3, -0.25) is 0 Å². The molecule has 18 heavy (non-hydrogen) atoms. The van der Waals surface area contributed by atoms with E-state index in [0.717, 1.165) is 13.1 Å². The van der Waals surface area contributed by atoms with E-state index in [1.165, 1.54) is 23.1 Å². The van der Waals surface area contributed by atoms with Crippen LogP contribution in [0.25, 0.3) is 11.1 Å². The maximum absolute atomic E-state index is 3.45. The molecule has 1 heterocycles. The average molecular weight is 260 g/mol. The summed E-state index contributed by atoms with van der Waals surface area (Å²) >= 11 is 0. The molecule has 0 amide bonds. The van der Waals surface area contributed by atoms with Gasteiger partial charge < -0.3 is 5.32 Å². The molecule has 2 aromatic rings. The summed E-state index contributed by atoms with van der Waals surface area (Å²) < 4.78 is 0. The Kier molecular flexibility index (Phi) is 4.40. The lowest BCUT2D eigenvalue weighted by atomic mass is 9.90. The molecule has 2 aromatic carbocycles. The number of nitrogens with one attached hydrogen (secondary N) is 1. The molecule has 1 unspecified atom stereocenters. The first-order valence-electron chi connectivity index (χ1n) is 6.30. The monoisotopic (exact) mass is 259 g/mol. The number of hydrogen-bond donors (Lipinski definition) is 1. The van der Waals surface area contributed by atoms with E-state index in [1.807, 2.05) is 0 Å². The number of rotatable bonds is 2. The summed E-state index contributed by atoms with van der Waals surface area (Å²) in [5.74, 6) is 0.673. The maximum Gasteiger partial charge on any atom is 0.00208 e. The SMILES string of the molecule is Cl.c1ccc(-c2ccccc2C2CCNC2)cc1. The topological polar surface area (TPSA) is 12.0 Å². The predicted molar refractivity (Wildman–Crippen MR) is 79.4 cm³/mol. The van der Waals surface area contributed by atoms with Crippen molar-refractivity contribution in [2.75, 3.05) is 13.1 Å². The number of halogens is 1. The van der Waals surface area contributed by atoms with Gasteiger partial charge in [0.1, 0.15) is 0 Å². The zero-order valence-corrected chi connectivity index (χ0v) is 11.1. The standard InChI is InChI=1S/C16H17N.ClH/c1-2-6-13(7-3-1)15-8-4-5-9-16(15)14-10-11-17-12-14;/h1-9,14,17H,10-12H2;1H. The molecular formula is C16H18ClN. The van der Waals surface area contributed by atoms with Crippen LogP contribution in [0.5, 0.6) is 0 Å². The van der Waals surface area contributed by atoms with Crippen molar-refractivity contribution in [1.29, 1.82) is 0 Å². The lowest BCUT2D eigenvalue weighted by molar-refractivity contribution is 0.765. The van der Waals surface area contributed by atoms with Crippen LogP contribution in [0, 0.1) is 0 Å². The van der Waals surface area contributed by atoms with Crippen LogP contribution in [0.1, 0.15) is 17.9 Å². The Bertz CT molecular complexity index is 489. The summed E-state index contributed by atoms with van der Waals surface area (Å²) in [4.78, 5) is 0. The van der Waals surface area contributed by atoms with Crippen molar-refractivity contribution < 1.29 is 0 Å². The fourth-order valence-electron chi connectivity index (χ4n) is 2.65. The summed E-state index contributed by atoms with van der Waals surface area (Å²) in [6.45, 7) is 2.26. The van der Waals surface area contributed by atoms with Gasteiger partial charge in [-0.2, -0.15) is 0 Å². The van der Waals surface area contributed by atoms with E-state index in [-0.39, 0.29) is 12.4 Å². The second-order valence-corrected chi connectivity index (χ2v) is 4.64. The van der Waals surface area contributed by atoms with Crippen LogP contribution in [-0.2, 0) is 0 Å². The van der Waals surface area contributed by atoms with Crippen molar-refractivity contribution in [1.82, 2.24) is 5.32 Å². The van der Waals surface area contributed by atoms with Crippen LogP contribution < -0.4 is 5.32 Å². The Balaban J connectivity index is 0.00000120. The van der Waals surface area contributed by atoms with E-state index >= 15 is 0 Å². The third-order valence-corrected chi connectivity index (χ3v) is 3.55. The molecule has 1 saturated heterocycles. The summed E-state index contributed by atoms with van der Waals surface area (Å²) in [5.41, 5.74) is 4.21. The maximum atomic E-state index is 3.45. The quantitative estimate of drug-likeness (QED) is 0.864. The van der Waals surface area contributed by atoms with E-state index in [9.17, 15) is 0 Å². The third-order valence-electron chi connectivity index (χ3n) is 3.55. The van der Waals surface area contributed by atoms with Crippen molar-refractivity contribution >= 4 is 12.4 Å². The first-order chi connectivity index (χ1) is 8.45. The second kappa shape index (κ2) is 6.03. The Labute approximate surface area is 115 Å². The molecule has 1 nitrogen and oxygen atoms in total. The van der Waals surface area contributed by atoms with Crippen LogP contribution >= 0.6 is 12.4 Å². The minimum atomic E-state index is 0. The molecule has 0 aliphatic carbocycles. The molecule has 0 spiro atoms. The van der Waals surface area contributed by atoms with Gasteiger partial charge in [0.25, 0.3) is 0 Å². The Morgan fingerprint density at radius 1 is 0.889 bits per heavy atom. The zero-order chi connectivity index (χ0) is 11.5. The second-order valence-electron chi connectivity index (χ2n) is 4.64. The molecule has 1 atom stereocenters. The lowest BCUT2D eigenvalue weighted by Gasteiger charge is -2.14. The fourth-order valence-corrected chi connectivity index (χ4v) is 2.65. The van der Waals surface area contributed by atoms with E-state index in [2.05, 4.69) is 59.9 Å². The smallest absolute Gasteiger partial charge is 0.00208 e. The van der Waals surface area contributed by atoms with E-state index < -0.39 is 0 Å². The molecule has 1 fully saturated rings. The summed E-state index contributed by atoms with van der Waals surface area (Å²) in [7, 11) is 0. The lowest BCUT2D eigenvalue weighted by Crippen LogP contribution is -2.08. The molecule has 0 radical (unpaired) electrons. The van der Waals surface area contributed by atoms with E-state index in [4.69, 9.17) is 0 Å². The Morgan fingerprint density at radius 3 is 2.33 bits per heavy atom. The number of benzene rings is 2. The summed E-state index contributed by atoms with van der Waals surface area (Å²) in [6, 6.07) is 19.5. The molecule has 2 heteroatoms. The first-order valence-corrected chi connectivity index (χ1v) is 6.30. The highest BCUT2D eigenvalue weighted by atomic mass is 35.5. The molecule has 3 rings (SSSR count). The normalized spacial score (nSPS) is 18.3. The van der Waals surface area contributed by atoms with Gasteiger partial charge in [0, 0.05) is 6.54 Å². The third kappa shape index (κ3) is 2.58. The Hall–Kier alpha value is -1.31. The van der Waals surface area contributed by atoms with Crippen molar-refractivity contribution in [3.63, 3.8) is 0 Å². The van der Waals surface area contributed by atoms with Gasteiger partial charge in [-0.1, -0.05) is 54.6 Å². The van der Waals surface area contributed by atoms with Crippen LogP contribution in [-0.4, -0.2) is 13.1 Å². The van der Waals surface area contributed by atoms with Gasteiger partial charge in [0.05, 0.1) is 0 Å². The highest BCUT2D eigenvalue weighted by Gasteiger charge is 2.19. The van der Waals surface area contributed by atoms with Crippen molar-refractivity contribution in [3.8, 4) is 11.1 Å². The highest BCUT2D eigenvalue weighted by Crippen LogP contribution is 2.32. The first kappa shape index (κ1) is 13.1. The minimum absolute atomic E-state index is 0. The average Bonchev–Trinajstić information content (AvgIpc) is 2.94. The molecule has 1 N–H and O–H groups in total. The molecular weight excluding hydrogens is 242 g/mol. The van der Waals surface area contributed by atoms with Crippen LogP contribution in [0.4, 0.5) is 0 Å². The minimum Gasteiger partial charge on any atom is -0.316 e. The largest absolute Gasteiger partial charge is 0.316 e. The van der Waals surface area contributed by atoms with E-state index in [0.29, 0.717) is 5.92 Å². The van der Waals surface area contributed by atoms with Gasteiger partial charge in [0.15, 0.2) is 0 Å². The van der Waals surface area contributed by atoms with Crippen molar-refractivity contribution in [3.05, 3.63) is 60.2 Å².